The van der Waals surface area contributed by atoms with Gasteiger partial charge in [0.2, 0.25) is 0 Å². The van der Waals surface area contributed by atoms with Crippen LogP contribution >= 0.6 is 0 Å². The lowest BCUT2D eigenvalue weighted by molar-refractivity contribution is -0.138. The first-order valence-electron chi connectivity index (χ1n) is 7.11. The van der Waals surface area contributed by atoms with Crippen LogP contribution < -0.4 is 0 Å². The van der Waals surface area contributed by atoms with E-state index in [0.717, 1.165) is 5.92 Å². The maximum Gasteiger partial charge on any atom is 0.293 e. The van der Waals surface area contributed by atoms with Crippen molar-refractivity contribution in [2.45, 2.75) is 84.7 Å². The van der Waals surface area contributed by atoms with Crippen molar-refractivity contribution in [3.63, 3.8) is 0 Å². The molecule has 2 nitrogen and oxygen atoms in total. The Hall–Kier alpha value is -0.530. The Morgan fingerprint density at radius 1 is 1.12 bits per heavy atom. The second-order valence-corrected chi connectivity index (χ2v) is 5.97. The lowest BCUT2D eigenvalue weighted by Crippen LogP contribution is -2.17. The monoisotopic (exact) mass is 242 g/mol. The van der Waals surface area contributed by atoms with Gasteiger partial charge in [-0.15, -0.1) is 0 Å². The van der Waals surface area contributed by atoms with E-state index >= 15 is 0 Å². The Balaban J connectivity index is 0.000000325. The minimum absolute atomic E-state index is 0.318. The van der Waals surface area contributed by atoms with Crippen molar-refractivity contribution in [2.24, 2.45) is 5.92 Å². The van der Waals surface area contributed by atoms with Crippen molar-refractivity contribution in [2.75, 3.05) is 0 Å². The summed E-state index contributed by atoms with van der Waals surface area (Å²) >= 11 is 0. The molecule has 17 heavy (non-hydrogen) atoms. The first kappa shape index (κ1) is 16.5. The standard InChI is InChI=1S/C10H20.C5H10O2/c1-2-3-4-5-6-7-10-8-9-10;1-5(2,3)7-4-6/h10H,2-9H2,1H3;4H,1-3H3. The molecule has 0 heterocycles. The minimum Gasteiger partial charge on any atom is -0.462 e. The van der Waals surface area contributed by atoms with Gasteiger partial charge in [0, 0.05) is 0 Å². The van der Waals surface area contributed by atoms with E-state index in [4.69, 9.17) is 0 Å². The second kappa shape index (κ2) is 9.49. The predicted octanol–water partition coefficient (Wildman–Crippen LogP) is 4.71. The van der Waals surface area contributed by atoms with Crippen molar-refractivity contribution in [1.82, 2.24) is 0 Å². The van der Waals surface area contributed by atoms with Crippen LogP contribution in [0.1, 0.15) is 79.1 Å². The van der Waals surface area contributed by atoms with Crippen LogP contribution in [0.5, 0.6) is 0 Å². The minimum atomic E-state index is -0.318. The van der Waals surface area contributed by atoms with Gasteiger partial charge in [-0.2, -0.15) is 0 Å². The molecule has 0 radical (unpaired) electrons. The molecule has 0 spiro atoms. The van der Waals surface area contributed by atoms with Crippen molar-refractivity contribution in [1.29, 1.82) is 0 Å². The third-order valence-corrected chi connectivity index (χ3v) is 2.81. The molecule has 0 bridgehead atoms. The summed E-state index contributed by atoms with van der Waals surface area (Å²) in [7, 11) is 0. The topological polar surface area (TPSA) is 26.3 Å². The fraction of sp³-hybridized carbons (Fsp3) is 0.933. The SMILES string of the molecule is CC(C)(C)OC=O.CCCCCCCC1CC1. The summed E-state index contributed by atoms with van der Waals surface area (Å²) in [6.07, 6.45) is 11.9. The third-order valence-electron chi connectivity index (χ3n) is 2.81. The second-order valence-electron chi connectivity index (χ2n) is 5.97. The first-order valence-corrected chi connectivity index (χ1v) is 7.11. The Kier molecular flexibility index (Phi) is 9.20. The highest BCUT2D eigenvalue weighted by atomic mass is 16.5. The van der Waals surface area contributed by atoms with Crippen molar-refractivity contribution in [3.05, 3.63) is 0 Å². The molecule has 1 saturated carbocycles. The zero-order valence-corrected chi connectivity index (χ0v) is 12.1. The number of hydrogen-bond donors (Lipinski definition) is 0. The van der Waals surface area contributed by atoms with E-state index in [9.17, 15) is 4.79 Å². The van der Waals surface area contributed by atoms with Crippen LogP contribution in [-0.2, 0) is 9.53 Å². The molecule has 0 saturated heterocycles. The van der Waals surface area contributed by atoms with Crippen LogP contribution in [0.15, 0.2) is 0 Å². The summed E-state index contributed by atoms with van der Waals surface area (Å²) in [4.78, 5) is 9.60. The van der Waals surface area contributed by atoms with E-state index in [2.05, 4.69) is 11.7 Å². The maximum atomic E-state index is 9.60. The van der Waals surface area contributed by atoms with Crippen molar-refractivity contribution < 1.29 is 9.53 Å². The Morgan fingerprint density at radius 3 is 2.06 bits per heavy atom. The summed E-state index contributed by atoms with van der Waals surface area (Å²) in [5.74, 6) is 1.15. The number of hydrogen-bond acceptors (Lipinski definition) is 2. The molecule has 0 aromatic heterocycles. The highest BCUT2D eigenvalue weighted by Crippen LogP contribution is 2.34. The largest absolute Gasteiger partial charge is 0.462 e. The van der Waals surface area contributed by atoms with Crippen LogP contribution in [0.4, 0.5) is 0 Å². The molecule has 102 valence electrons. The molecular weight excluding hydrogens is 212 g/mol. The molecule has 0 aromatic rings. The summed E-state index contributed by atoms with van der Waals surface area (Å²) < 4.78 is 4.55. The Bertz CT molecular complexity index is 178. The molecule has 0 unspecified atom stereocenters. The maximum absolute atomic E-state index is 9.60. The van der Waals surface area contributed by atoms with Crippen LogP contribution in [0, 0.1) is 5.92 Å². The van der Waals surface area contributed by atoms with Gasteiger partial charge in [0.05, 0.1) is 0 Å². The number of carbonyl (C=O) groups excluding carboxylic acids is 1. The van der Waals surface area contributed by atoms with Gasteiger partial charge < -0.3 is 4.74 Å². The molecule has 1 aliphatic rings. The Labute approximate surface area is 107 Å². The van der Waals surface area contributed by atoms with E-state index < -0.39 is 0 Å². The summed E-state index contributed by atoms with van der Waals surface area (Å²) in [6, 6.07) is 0. The smallest absolute Gasteiger partial charge is 0.293 e. The van der Waals surface area contributed by atoms with Crippen LogP contribution in [-0.4, -0.2) is 12.1 Å². The summed E-state index contributed by atoms with van der Waals surface area (Å²) in [6.45, 7) is 8.20. The lowest BCUT2D eigenvalue weighted by Gasteiger charge is -2.14. The van der Waals surface area contributed by atoms with Gasteiger partial charge in [0.1, 0.15) is 5.60 Å². The molecule has 0 N–H and O–H groups in total. The van der Waals surface area contributed by atoms with Gasteiger partial charge in [0.15, 0.2) is 0 Å². The fourth-order valence-electron chi connectivity index (χ4n) is 1.59. The molecule has 1 fully saturated rings. The third kappa shape index (κ3) is 15.5. The summed E-state index contributed by atoms with van der Waals surface area (Å²) in [5, 5.41) is 0. The van der Waals surface area contributed by atoms with Crippen LogP contribution in [0.2, 0.25) is 0 Å². The normalized spacial score (nSPS) is 14.8. The van der Waals surface area contributed by atoms with E-state index in [1.807, 2.05) is 20.8 Å². The first-order chi connectivity index (χ1) is 7.99. The molecule has 0 atom stereocenters. The number of unbranched alkanes of at least 4 members (excludes halogenated alkanes) is 4. The predicted molar refractivity (Wildman–Crippen MR) is 73.0 cm³/mol. The average Bonchev–Trinajstić information content (AvgIpc) is 3.00. The van der Waals surface area contributed by atoms with Gasteiger partial charge in [-0.1, -0.05) is 58.3 Å². The van der Waals surface area contributed by atoms with Gasteiger partial charge in [-0.05, 0) is 26.7 Å². The van der Waals surface area contributed by atoms with Gasteiger partial charge in [-0.25, -0.2) is 0 Å². The lowest BCUT2D eigenvalue weighted by atomic mass is 10.1. The molecule has 2 heteroatoms. The number of ether oxygens (including phenoxy) is 1. The van der Waals surface area contributed by atoms with Gasteiger partial charge in [-0.3, -0.25) is 4.79 Å². The molecule has 1 rings (SSSR count). The summed E-state index contributed by atoms with van der Waals surface area (Å²) in [5.41, 5.74) is -0.318. The van der Waals surface area contributed by atoms with Gasteiger partial charge >= 0.3 is 0 Å². The van der Waals surface area contributed by atoms with Crippen molar-refractivity contribution in [3.8, 4) is 0 Å². The average molecular weight is 242 g/mol. The van der Waals surface area contributed by atoms with E-state index in [1.54, 1.807) is 0 Å². The number of carbonyl (C=O) groups is 1. The van der Waals surface area contributed by atoms with E-state index in [-0.39, 0.29) is 5.60 Å². The quantitative estimate of drug-likeness (QED) is 0.477. The highest BCUT2D eigenvalue weighted by molar-refractivity contribution is 5.37. The van der Waals surface area contributed by atoms with Crippen molar-refractivity contribution >= 4 is 6.47 Å². The molecule has 0 aromatic carbocycles. The van der Waals surface area contributed by atoms with Gasteiger partial charge in [0.25, 0.3) is 6.47 Å². The zero-order chi connectivity index (χ0) is 13.1. The fourth-order valence-corrected chi connectivity index (χ4v) is 1.59. The molecule has 1 aliphatic carbocycles. The van der Waals surface area contributed by atoms with Crippen LogP contribution in [0.25, 0.3) is 0 Å². The highest BCUT2D eigenvalue weighted by Gasteiger charge is 2.19. The zero-order valence-electron chi connectivity index (χ0n) is 12.1. The van der Waals surface area contributed by atoms with Crippen LogP contribution in [0.3, 0.4) is 0 Å². The number of rotatable bonds is 7. The Morgan fingerprint density at radius 2 is 1.71 bits per heavy atom. The van der Waals surface area contributed by atoms with E-state index in [0.29, 0.717) is 6.47 Å². The van der Waals surface area contributed by atoms with E-state index in [1.165, 1.54) is 51.4 Å². The molecular formula is C15H30O2. The molecule has 0 aliphatic heterocycles. The molecule has 0 amide bonds.